The van der Waals surface area contributed by atoms with E-state index in [4.69, 9.17) is 10.5 Å². The van der Waals surface area contributed by atoms with Gasteiger partial charge in [-0.15, -0.1) is 0 Å². The molecule has 0 aromatic heterocycles. The fraction of sp³-hybridized carbons (Fsp3) is 0.588. The summed E-state index contributed by atoms with van der Waals surface area (Å²) in [7, 11) is 1.65. The standard InChI is InChI=1S/C17H26N2O2/c1-21-15-7-4-14(5-8-15)6-9-16(20)19-13-17(12-18)10-2-3-11-17/h4-5,7-8H,2-3,6,9-13,18H2,1H3,(H,19,20). The lowest BCUT2D eigenvalue weighted by atomic mass is 9.86. The van der Waals surface area contributed by atoms with Crippen LogP contribution in [0.1, 0.15) is 37.7 Å². The molecule has 0 saturated heterocycles. The van der Waals surface area contributed by atoms with Crippen molar-refractivity contribution < 1.29 is 9.53 Å². The van der Waals surface area contributed by atoms with Gasteiger partial charge in [-0.2, -0.15) is 0 Å². The molecule has 4 nitrogen and oxygen atoms in total. The minimum Gasteiger partial charge on any atom is -0.497 e. The van der Waals surface area contributed by atoms with Gasteiger partial charge in [-0.05, 0) is 48.9 Å². The first-order chi connectivity index (χ1) is 10.2. The number of nitrogens with one attached hydrogen (secondary N) is 1. The van der Waals surface area contributed by atoms with Crippen LogP contribution in [0.4, 0.5) is 0 Å². The van der Waals surface area contributed by atoms with E-state index in [1.165, 1.54) is 12.8 Å². The maximum Gasteiger partial charge on any atom is 0.220 e. The zero-order valence-electron chi connectivity index (χ0n) is 12.9. The van der Waals surface area contributed by atoms with E-state index in [1.54, 1.807) is 7.11 Å². The highest BCUT2D eigenvalue weighted by atomic mass is 16.5. The molecule has 0 unspecified atom stereocenters. The molecule has 1 aromatic carbocycles. The Morgan fingerprint density at radius 3 is 2.52 bits per heavy atom. The topological polar surface area (TPSA) is 64.3 Å². The monoisotopic (exact) mass is 290 g/mol. The lowest BCUT2D eigenvalue weighted by Crippen LogP contribution is -2.40. The predicted molar refractivity (Wildman–Crippen MR) is 84.3 cm³/mol. The first kappa shape index (κ1) is 15.8. The van der Waals surface area contributed by atoms with Gasteiger partial charge in [0.05, 0.1) is 7.11 Å². The summed E-state index contributed by atoms with van der Waals surface area (Å²) in [6, 6.07) is 7.86. The molecule has 4 heteroatoms. The second kappa shape index (κ2) is 7.46. The number of aryl methyl sites for hydroxylation is 1. The van der Waals surface area contributed by atoms with Crippen LogP contribution in [0.5, 0.6) is 5.75 Å². The fourth-order valence-electron chi connectivity index (χ4n) is 3.00. The second-order valence-electron chi connectivity index (χ2n) is 6.04. The predicted octanol–water partition coefficient (Wildman–Crippen LogP) is 2.26. The van der Waals surface area contributed by atoms with Crippen molar-refractivity contribution in [2.24, 2.45) is 11.1 Å². The summed E-state index contributed by atoms with van der Waals surface area (Å²) >= 11 is 0. The van der Waals surface area contributed by atoms with Crippen molar-refractivity contribution in [2.45, 2.75) is 38.5 Å². The van der Waals surface area contributed by atoms with Crippen LogP contribution in [0.3, 0.4) is 0 Å². The van der Waals surface area contributed by atoms with Crippen molar-refractivity contribution in [1.82, 2.24) is 5.32 Å². The van der Waals surface area contributed by atoms with E-state index in [9.17, 15) is 4.79 Å². The summed E-state index contributed by atoms with van der Waals surface area (Å²) in [4.78, 5) is 12.0. The number of hydrogen-bond donors (Lipinski definition) is 2. The van der Waals surface area contributed by atoms with Crippen molar-refractivity contribution in [3.63, 3.8) is 0 Å². The molecule has 1 saturated carbocycles. The average Bonchev–Trinajstić information content (AvgIpc) is 3.01. The third-order valence-corrected chi connectivity index (χ3v) is 4.56. The number of hydrogen-bond acceptors (Lipinski definition) is 3. The molecule has 0 radical (unpaired) electrons. The lowest BCUT2D eigenvalue weighted by Gasteiger charge is -2.27. The Morgan fingerprint density at radius 2 is 1.95 bits per heavy atom. The van der Waals surface area contributed by atoms with Crippen LogP contribution in [-0.4, -0.2) is 26.1 Å². The number of amides is 1. The van der Waals surface area contributed by atoms with Crippen LogP contribution < -0.4 is 15.8 Å². The van der Waals surface area contributed by atoms with Gasteiger partial charge in [0, 0.05) is 13.0 Å². The zero-order chi connectivity index (χ0) is 15.1. The van der Waals surface area contributed by atoms with E-state index in [1.807, 2.05) is 24.3 Å². The molecule has 1 aliphatic carbocycles. The van der Waals surface area contributed by atoms with Crippen molar-refractivity contribution >= 4 is 5.91 Å². The van der Waals surface area contributed by atoms with Gasteiger partial charge < -0.3 is 15.8 Å². The fourth-order valence-corrected chi connectivity index (χ4v) is 3.00. The molecule has 0 atom stereocenters. The highest BCUT2D eigenvalue weighted by Gasteiger charge is 2.32. The van der Waals surface area contributed by atoms with Crippen molar-refractivity contribution in [1.29, 1.82) is 0 Å². The molecule has 2 rings (SSSR count). The molecule has 0 heterocycles. The molecule has 1 aliphatic rings. The minimum atomic E-state index is 0.116. The molecule has 1 aromatic rings. The maximum atomic E-state index is 12.0. The van der Waals surface area contributed by atoms with Crippen LogP contribution in [0.2, 0.25) is 0 Å². The largest absolute Gasteiger partial charge is 0.497 e. The number of benzene rings is 1. The summed E-state index contributed by atoms with van der Waals surface area (Å²) in [5, 5.41) is 3.07. The number of rotatable bonds is 7. The van der Waals surface area contributed by atoms with Gasteiger partial charge >= 0.3 is 0 Å². The third kappa shape index (κ3) is 4.46. The first-order valence-electron chi connectivity index (χ1n) is 7.77. The van der Waals surface area contributed by atoms with Crippen molar-refractivity contribution in [2.75, 3.05) is 20.2 Å². The lowest BCUT2D eigenvalue weighted by molar-refractivity contribution is -0.121. The van der Waals surface area contributed by atoms with Crippen LogP contribution >= 0.6 is 0 Å². The highest BCUT2D eigenvalue weighted by Crippen LogP contribution is 2.36. The van der Waals surface area contributed by atoms with Gasteiger partial charge in [0.1, 0.15) is 5.75 Å². The van der Waals surface area contributed by atoms with E-state index in [0.29, 0.717) is 13.0 Å². The average molecular weight is 290 g/mol. The van der Waals surface area contributed by atoms with Crippen molar-refractivity contribution in [3.05, 3.63) is 29.8 Å². The van der Waals surface area contributed by atoms with Gasteiger partial charge in [0.15, 0.2) is 0 Å². The van der Waals surface area contributed by atoms with Crippen molar-refractivity contribution in [3.8, 4) is 5.75 Å². The van der Waals surface area contributed by atoms with Gasteiger partial charge in [-0.3, -0.25) is 4.79 Å². The van der Waals surface area contributed by atoms with Crippen LogP contribution in [0.15, 0.2) is 24.3 Å². The summed E-state index contributed by atoms with van der Waals surface area (Å²) < 4.78 is 5.12. The maximum absolute atomic E-state index is 12.0. The van der Waals surface area contributed by atoms with E-state index in [0.717, 1.165) is 37.1 Å². The molecule has 0 aliphatic heterocycles. The number of carbonyl (C=O) groups is 1. The Balaban J connectivity index is 1.74. The minimum absolute atomic E-state index is 0.116. The Labute approximate surface area is 127 Å². The molecule has 1 amide bonds. The summed E-state index contributed by atoms with van der Waals surface area (Å²) in [5.74, 6) is 0.958. The molecule has 3 N–H and O–H groups in total. The normalized spacial score (nSPS) is 16.7. The molecular formula is C17H26N2O2. The molecule has 1 fully saturated rings. The van der Waals surface area contributed by atoms with Gasteiger partial charge in [0.25, 0.3) is 0 Å². The second-order valence-corrected chi connectivity index (χ2v) is 6.04. The SMILES string of the molecule is COc1ccc(CCC(=O)NCC2(CN)CCCC2)cc1. The van der Waals surface area contributed by atoms with Gasteiger partial charge in [-0.1, -0.05) is 25.0 Å². The molecule has 0 spiro atoms. The van der Waals surface area contributed by atoms with Gasteiger partial charge in [0.2, 0.25) is 5.91 Å². The highest BCUT2D eigenvalue weighted by molar-refractivity contribution is 5.76. The Hall–Kier alpha value is -1.55. The molecular weight excluding hydrogens is 264 g/mol. The van der Waals surface area contributed by atoms with Gasteiger partial charge in [-0.25, -0.2) is 0 Å². The molecule has 0 bridgehead atoms. The Morgan fingerprint density at radius 1 is 1.29 bits per heavy atom. The first-order valence-corrected chi connectivity index (χ1v) is 7.77. The van der Waals surface area contributed by atoms with E-state index >= 15 is 0 Å². The quantitative estimate of drug-likeness (QED) is 0.809. The van der Waals surface area contributed by atoms with E-state index in [-0.39, 0.29) is 11.3 Å². The smallest absolute Gasteiger partial charge is 0.220 e. The Bertz CT molecular complexity index is 450. The zero-order valence-corrected chi connectivity index (χ0v) is 12.9. The molecule has 21 heavy (non-hydrogen) atoms. The van der Waals surface area contributed by atoms with Crippen LogP contribution in [0, 0.1) is 5.41 Å². The van der Waals surface area contributed by atoms with E-state index in [2.05, 4.69) is 5.32 Å². The Kier molecular flexibility index (Phi) is 5.62. The summed E-state index contributed by atoms with van der Waals surface area (Å²) in [6.45, 7) is 1.40. The summed E-state index contributed by atoms with van der Waals surface area (Å²) in [5.41, 5.74) is 7.19. The van der Waals surface area contributed by atoms with E-state index < -0.39 is 0 Å². The van der Waals surface area contributed by atoms with Crippen LogP contribution in [0.25, 0.3) is 0 Å². The summed E-state index contributed by atoms with van der Waals surface area (Å²) in [6.07, 6.45) is 6.03. The number of methoxy groups -OCH3 is 1. The molecule has 116 valence electrons. The number of ether oxygens (including phenoxy) is 1. The van der Waals surface area contributed by atoms with Crippen LogP contribution in [-0.2, 0) is 11.2 Å². The number of nitrogens with two attached hydrogens (primary N) is 1. The third-order valence-electron chi connectivity index (χ3n) is 4.56. The number of carbonyl (C=O) groups excluding carboxylic acids is 1.